The van der Waals surface area contributed by atoms with Crippen LogP contribution in [0.15, 0.2) is 24.4 Å². The van der Waals surface area contributed by atoms with Gasteiger partial charge in [0.1, 0.15) is 0 Å². The number of aromatic nitrogens is 3. The Bertz CT molecular complexity index is 617. The van der Waals surface area contributed by atoms with Gasteiger partial charge in [0.2, 0.25) is 5.91 Å². The molecule has 6 nitrogen and oxygen atoms in total. The van der Waals surface area contributed by atoms with E-state index in [1.807, 2.05) is 35.7 Å². The number of hydrogen-bond donors (Lipinski definition) is 2. The first kappa shape index (κ1) is 14.0. The maximum Gasteiger partial charge on any atom is 0.220 e. The highest BCUT2D eigenvalue weighted by Gasteiger charge is 2.18. The minimum Gasteiger partial charge on any atom is -0.346 e. The van der Waals surface area contributed by atoms with Crippen LogP contribution in [0.4, 0.5) is 0 Å². The van der Waals surface area contributed by atoms with E-state index in [-0.39, 0.29) is 11.9 Å². The summed E-state index contributed by atoms with van der Waals surface area (Å²) in [5, 5.41) is 14.7. The monoisotopic (exact) mass is 287 g/mol. The Kier molecular flexibility index (Phi) is 4.15. The van der Waals surface area contributed by atoms with E-state index in [1.54, 1.807) is 0 Å². The van der Waals surface area contributed by atoms with E-state index in [2.05, 4.69) is 20.8 Å². The molecule has 1 aliphatic rings. The van der Waals surface area contributed by atoms with Gasteiger partial charge in [0.05, 0.1) is 6.04 Å². The molecule has 0 bridgehead atoms. The average molecular weight is 287 g/mol. The normalized spacial score (nSPS) is 19.8. The lowest BCUT2D eigenvalue weighted by Gasteiger charge is -2.14. The van der Waals surface area contributed by atoms with E-state index in [4.69, 9.17) is 0 Å². The molecule has 0 saturated carbocycles. The average Bonchev–Trinajstić information content (AvgIpc) is 3.14. The number of carbonyl (C=O) groups is 1. The number of amides is 1. The summed E-state index contributed by atoms with van der Waals surface area (Å²) < 4.78 is 1.91. The third kappa shape index (κ3) is 3.21. The van der Waals surface area contributed by atoms with Crippen molar-refractivity contribution in [1.82, 2.24) is 25.2 Å². The summed E-state index contributed by atoms with van der Waals surface area (Å²) in [4.78, 5) is 12.0. The predicted molar refractivity (Wildman–Crippen MR) is 79.8 cm³/mol. The van der Waals surface area contributed by atoms with Gasteiger partial charge in [0, 0.05) is 18.7 Å². The Morgan fingerprint density at radius 3 is 3.24 bits per heavy atom. The molecule has 2 aromatic rings. The van der Waals surface area contributed by atoms with Gasteiger partial charge in [-0.1, -0.05) is 6.07 Å². The number of nitrogens with one attached hydrogen (secondary N) is 2. The number of nitrogens with zero attached hydrogens (tertiary/aromatic N) is 3. The summed E-state index contributed by atoms with van der Waals surface area (Å²) in [6, 6.07) is 6.11. The highest BCUT2D eigenvalue weighted by atomic mass is 16.1. The lowest BCUT2D eigenvalue weighted by atomic mass is 10.1. The maximum atomic E-state index is 12.0. The zero-order valence-electron chi connectivity index (χ0n) is 12.2. The largest absolute Gasteiger partial charge is 0.346 e. The van der Waals surface area contributed by atoms with Gasteiger partial charge >= 0.3 is 0 Å². The molecule has 3 rings (SSSR count). The second kappa shape index (κ2) is 6.22. The van der Waals surface area contributed by atoms with Gasteiger partial charge in [-0.05, 0) is 44.9 Å². The Morgan fingerprint density at radius 2 is 2.43 bits per heavy atom. The maximum absolute atomic E-state index is 12.0. The molecule has 3 heterocycles. The molecule has 0 spiro atoms. The minimum absolute atomic E-state index is 0.0730. The van der Waals surface area contributed by atoms with Crippen LogP contribution in [0.25, 0.3) is 5.65 Å². The molecule has 1 aliphatic heterocycles. The molecular weight excluding hydrogens is 266 g/mol. The number of rotatable bonds is 5. The first-order valence-corrected chi connectivity index (χ1v) is 7.56. The van der Waals surface area contributed by atoms with Gasteiger partial charge in [-0.3, -0.25) is 9.20 Å². The highest BCUT2D eigenvalue weighted by Crippen LogP contribution is 2.14. The number of hydrogen-bond acceptors (Lipinski definition) is 4. The fraction of sp³-hybridized carbons (Fsp3) is 0.533. The van der Waals surface area contributed by atoms with Crippen LogP contribution in [-0.4, -0.2) is 33.1 Å². The molecule has 1 saturated heterocycles. The Morgan fingerprint density at radius 1 is 1.52 bits per heavy atom. The van der Waals surface area contributed by atoms with E-state index >= 15 is 0 Å². The number of pyridine rings is 1. The molecule has 1 amide bonds. The van der Waals surface area contributed by atoms with Gasteiger partial charge in [-0.2, -0.15) is 0 Å². The van der Waals surface area contributed by atoms with Gasteiger partial charge in [0.25, 0.3) is 0 Å². The fourth-order valence-electron chi connectivity index (χ4n) is 2.84. The minimum atomic E-state index is -0.147. The molecule has 0 radical (unpaired) electrons. The van der Waals surface area contributed by atoms with Crippen molar-refractivity contribution in [3.8, 4) is 0 Å². The van der Waals surface area contributed by atoms with Gasteiger partial charge in [-0.15, -0.1) is 10.2 Å². The first-order valence-electron chi connectivity index (χ1n) is 7.56. The van der Waals surface area contributed by atoms with E-state index in [9.17, 15) is 4.79 Å². The van der Waals surface area contributed by atoms with Crippen molar-refractivity contribution >= 4 is 11.6 Å². The van der Waals surface area contributed by atoms with Crippen LogP contribution < -0.4 is 10.6 Å². The smallest absolute Gasteiger partial charge is 0.220 e. The molecule has 2 atom stereocenters. The molecule has 0 aromatic carbocycles. The summed E-state index contributed by atoms with van der Waals surface area (Å²) in [5.41, 5.74) is 0.795. The third-order valence-electron chi connectivity index (χ3n) is 3.99. The quantitative estimate of drug-likeness (QED) is 0.873. The van der Waals surface area contributed by atoms with Crippen LogP contribution in [-0.2, 0) is 4.79 Å². The summed E-state index contributed by atoms with van der Waals surface area (Å²) in [6.07, 6.45) is 5.76. The summed E-state index contributed by atoms with van der Waals surface area (Å²) in [6.45, 7) is 3.02. The van der Waals surface area contributed by atoms with Crippen LogP contribution in [0.5, 0.6) is 0 Å². The Balaban J connectivity index is 1.57. The van der Waals surface area contributed by atoms with E-state index in [0.29, 0.717) is 12.5 Å². The Hall–Kier alpha value is -1.95. The fourth-order valence-corrected chi connectivity index (χ4v) is 2.84. The van der Waals surface area contributed by atoms with Gasteiger partial charge < -0.3 is 10.6 Å². The van der Waals surface area contributed by atoms with Crippen LogP contribution in [0.1, 0.15) is 44.5 Å². The lowest BCUT2D eigenvalue weighted by Crippen LogP contribution is -2.30. The molecule has 112 valence electrons. The highest BCUT2D eigenvalue weighted by molar-refractivity contribution is 5.76. The summed E-state index contributed by atoms with van der Waals surface area (Å²) in [5.74, 6) is 0.835. The molecule has 2 N–H and O–H groups in total. The Labute approximate surface area is 123 Å². The second-order valence-electron chi connectivity index (χ2n) is 5.61. The van der Waals surface area contributed by atoms with Crippen molar-refractivity contribution in [2.75, 3.05) is 6.54 Å². The summed E-state index contributed by atoms with van der Waals surface area (Å²) >= 11 is 0. The first-order chi connectivity index (χ1) is 10.2. The van der Waals surface area contributed by atoms with Crippen molar-refractivity contribution in [3.05, 3.63) is 30.2 Å². The molecule has 0 aliphatic carbocycles. The topological polar surface area (TPSA) is 71.3 Å². The molecular formula is C15H21N5O. The second-order valence-corrected chi connectivity index (χ2v) is 5.61. The van der Waals surface area contributed by atoms with Crippen molar-refractivity contribution < 1.29 is 4.79 Å². The lowest BCUT2D eigenvalue weighted by molar-refractivity contribution is -0.122. The van der Waals surface area contributed by atoms with E-state index in [0.717, 1.165) is 24.4 Å². The predicted octanol–water partition coefficient (Wildman–Crippen LogP) is 1.44. The van der Waals surface area contributed by atoms with Crippen LogP contribution in [0.2, 0.25) is 0 Å². The molecule has 1 fully saturated rings. The number of carbonyl (C=O) groups excluding carboxylic acids is 1. The number of fused-ring (bicyclic) bond motifs is 1. The van der Waals surface area contributed by atoms with Crippen molar-refractivity contribution in [2.45, 2.75) is 44.7 Å². The standard InChI is InChI=1S/C15H21N5O/c1-11(15-19-18-13-6-2-3-10-20(13)15)17-14(21)8-7-12-5-4-9-16-12/h2-3,6,10-12,16H,4-5,7-9H2,1H3,(H,17,21). The molecule has 2 unspecified atom stereocenters. The molecule has 6 heteroatoms. The zero-order valence-corrected chi connectivity index (χ0v) is 12.2. The van der Waals surface area contributed by atoms with Gasteiger partial charge in [-0.25, -0.2) is 0 Å². The van der Waals surface area contributed by atoms with Crippen molar-refractivity contribution in [1.29, 1.82) is 0 Å². The van der Waals surface area contributed by atoms with Gasteiger partial charge in [0.15, 0.2) is 11.5 Å². The van der Waals surface area contributed by atoms with Crippen LogP contribution in [0.3, 0.4) is 0 Å². The molecule has 21 heavy (non-hydrogen) atoms. The zero-order chi connectivity index (χ0) is 14.7. The molecule has 2 aromatic heterocycles. The van der Waals surface area contributed by atoms with Crippen molar-refractivity contribution in [3.63, 3.8) is 0 Å². The third-order valence-corrected chi connectivity index (χ3v) is 3.99. The SMILES string of the molecule is CC(NC(=O)CCC1CCCN1)c1nnc2ccccn12. The van der Waals surface area contributed by atoms with Crippen LogP contribution in [0, 0.1) is 0 Å². The van der Waals surface area contributed by atoms with Crippen LogP contribution >= 0.6 is 0 Å². The van der Waals surface area contributed by atoms with E-state index < -0.39 is 0 Å². The van der Waals surface area contributed by atoms with Crippen molar-refractivity contribution in [2.24, 2.45) is 0 Å². The van der Waals surface area contributed by atoms with E-state index in [1.165, 1.54) is 12.8 Å². The summed E-state index contributed by atoms with van der Waals surface area (Å²) in [7, 11) is 0.